The Morgan fingerprint density at radius 3 is 2.35 bits per heavy atom. The SMILES string of the molecule is COc1ccccc1CNC[C@@H](O)c1ccc(C(F)(F)F)cc1. The molecule has 2 aromatic carbocycles. The van der Waals surface area contributed by atoms with Crippen LogP contribution in [-0.2, 0) is 12.7 Å². The molecule has 0 aromatic heterocycles. The molecule has 23 heavy (non-hydrogen) atoms. The van der Waals surface area contributed by atoms with E-state index in [0.717, 1.165) is 23.4 Å². The predicted molar refractivity (Wildman–Crippen MR) is 81.1 cm³/mol. The average Bonchev–Trinajstić information content (AvgIpc) is 2.54. The number of hydrogen-bond donors (Lipinski definition) is 2. The van der Waals surface area contributed by atoms with Crippen LogP contribution >= 0.6 is 0 Å². The zero-order valence-corrected chi connectivity index (χ0v) is 12.6. The van der Waals surface area contributed by atoms with E-state index in [4.69, 9.17) is 4.74 Å². The second-order valence-electron chi connectivity index (χ2n) is 5.08. The van der Waals surface area contributed by atoms with Crippen molar-refractivity contribution in [1.82, 2.24) is 5.32 Å². The predicted octanol–water partition coefficient (Wildman–Crippen LogP) is 3.54. The highest BCUT2D eigenvalue weighted by molar-refractivity contribution is 5.33. The van der Waals surface area contributed by atoms with Crippen LogP contribution in [0.5, 0.6) is 5.75 Å². The lowest BCUT2D eigenvalue weighted by molar-refractivity contribution is -0.137. The number of hydrogen-bond acceptors (Lipinski definition) is 3. The quantitative estimate of drug-likeness (QED) is 0.854. The molecule has 0 heterocycles. The van der Waals surface area contributed by atoms with Gasteiger partial charge in [0, 0.05) is 18.7 Å². The van der Waals surface area contributed by atoms with Crippen molar-refractivity contribution >= 4 is 0 Å². The summed E-state index contributed by atoms with van der Waals surface area (Å²) in [7, 11) is 1.58. The molecular weight excluding hydrogens is 307 g/mol. The molecular formula is C17H18F3NO2. The fourth-order valence-electron chi connectivity index (χ4n) is 2.20. The van der Waals surface area contributed by atoms with Gasteiger partial charge in [0.2, 0.25) is 0 Å². The van der Waals surface area contributed by atoms with E-state index in [2.05, 4.69) is 5.32 Å². The average molecular weight is 325 g/mol. The van der Waals surface area contributed by atoms with Gasteiger partial charge < -0.3 is 15.2 Å². The summed E-state index contributed by atoms with van der Waals surface area (Å²) in [5, 5.41) is 13.1. The summed E-state index contributed by atoms with van der Waals surface area (Å²) in [6.45, 7) is 0.713. The van der Waals surface area contributed by atoms with Gasteiger partial charge >= 0.3 is 6.18 Å². The first-order valence-corrected chi connectivity index (χ1v) is 7.09. The van der Waals surface area contributed by atoms with Crippen LogP contribution in [0.2, 0.25) is 0 Å². The number of nitrogens with one attached hydrogen (secondary N) is 1. The molecule has 0 aliphatic heterocycles. The molecule has 2 N–H and O–H groups in total. The zero-order valence-electron chi connectivity index (χ0n) is 12.6. The number of ether oxygens (including phenoxy) is 1. The van der Waals surface area contributed by atoms with Crippen molar-refractivity contribution in [1.29, 1.82) is 0 Å². The molecule has 0 spiro atoms. The molecule has 0 fully saturated rings. The van der Waals surface area contributed by atoms with E-state index in [-0.39, 0.29) is 6.54 Å². The summed E-state index contributed by atoms with van der Waals surface area (Å²) in [5.74, 6) is 0.740. The summed E-state index contributed by atoms with van der Waals surface area (Å²) in [5.41, 5.74) is 0.649. The Labute approximate surface area is 132 Å². The molecule has 3 nitrogen and oxygen atoms in total. The van der Waals surface area contributed by atoms with Crippen LogP contribution in [0.3, 0.4) is 0 Å². The lowest BCUT2D eigenvalue weighted by Gasteiger charge is -2.14. The van der Waals surface area contributed by atoms with Gasteiger partial charge in [-0.1, -0.05) is 30.3 Å². The van der Waals surface area contributed by atoms with Gasteiger partial charge in [0.1, 0.15) is 5.75 Å². The van der Waals surface area contributed by atoms with Crippen molar-refractivity contribution in [2.75, 3.05) is 13.7 Å². The lowest BCUT2D eigenvalue weighted by atomic mass is 10.1. The number of halogens is 3. The highest BCUT2D eigenvalue weighted by atomic mass is 19.4. The van der Waals surface area contributed by atoms with Gasteiger partial charge in [-0.15, -0.1) is 0 Å². The van der Waals surface area contributed by atoms with Gasteiger partial charge in [0.05, 0.1) is 18.8 Å². The molecule has 6 heteroatoms. The molecule has 2 aromatic rings. The Kier molecular flexibility index (Phi) is 5.63. The van der Waals surface area contributed by atoms with E-state index in [1.54, 1.807) is 7.11 Å². The van der Waals surface area contributed by atoms with Gasteiger partial charge in [0.15, 0.2) is 0 Å². The van der Waals surface area contributed by atoms with Gasteiger partial charge in [-0.3, -0.25) is 0 Å². The summed E-state index contributed by atoms with van der Waals surface area (Å²) in [6.07, 6.45) is -5.25. The maximum absolute atomic E-state index is 12.5. The summed E-state index contributed by atoms with van der Waals surface area (Å²) >= 11 is 0. The Bertz CT molecular complexity index is 626. The third kappa shape index (κ3) is 4.71. The molecule has 0 radical (unpaired) electrons. The van der Waals surface area contributed by atoms with Crippen LogP contribution in [-0.4, -0.2) is 18.8 Å². The molecule has 124 valence electrons. The molecule has 1 atom stereocenters. The Balaban J connectivity index is 1.91. The fourth-order valence-corrected chi connectivity index (χ4v) is 2.20. The fraction of sp³-hybridized carbons (Fsp3) is 0.294. The first kappa shape index (κ1) is 17.3. The van der Waals surface area contributed by atoms with Crippen LogP contribution in [0, 0.1) is 0 Å². The van der Waals surface area contributed by atoms with Crippen LogP contribution in [0.1, 0.15) is 22.8 Å². The minimum Gasteiger partial charge on any atom is -0.496 e. The number of benzene rings is 2. The van der Waals surface area contributed by atoms with Crippen molar-refractivity contribution in [2.24, 2.45) is 0 Å². The number of para-hydroxylation sites is 1. The van der Waals surface area contributed by atoms with Crippen molar-refractivity contribution in [3.05, 3.63) is 65.2 Å². The zero-order chi connectivity index (χ0) is 16.9. The molecule has 0 aliphatic rings. The summed E-state index contributed by atoms with van der Waals surface area (Å²) in [4.78, 5) is 0. The van der Waals surface area contributed by atoms with Gasteiger partial charge in [-0.2, -0.15) is 13.2 Å². The van der Waals surface area contributed by atoms with Gasteiger partial charge in [0.25, 0.3) is 0 Å². The highest BCUT2D eigenvalue weighted by Crippen LogP contribution is 2.29. The standard InChI is InChI=1S/C17H18F3NO2/c1-23-16-5-3-2-4-13(16)10-21-11-15(22)12-6-8-14(9-7-12)17(18,19)20/h2-9,15,21-22H,10-11H2,1H3/t15-/m1/s1. The Morgan fingerprint density at radius 2 is 1.74 bits per heavy atom. The van der Waals surface area contributed by atoms with E-state index in [1.165, 1.54) is 12.1 Å². The number of rotatable bonds is 6. The Hall–Kier alpha value is -2.05. The lowest BCUT2D eigenvalue weighted by Crippen LogP contribution is -2.21. The van der Waals surface area contributed by atoms with Crippen LogP contribution in [0.15, 0.2) is 48.5 Å². The van der Waals surface area contributed by atoms with E-state index in [1.807, 2.05) is 24.3 Å². The molecule has 0 saturated carbocycles. The van der Waals surface area contributed by atoms with Crippen molar-refractivity contribution in [2.45, 2.75) is 18.8 Å². The van der Waals surface area contributed by atoms with Crippen LogP contribution in [0.25, 0.3) is 0 Å². The summed E-state index contributed by atoms with van der Waals surface area (Å²) < 4.78 is 42.7. The highest BCUT2D eigenvalue weighted by Gasteiger charge is 2.30. The minimum atomic E-state index is -4.37. The van der Waals surface area contributed by atoms with Gasteiger partial charge in [-0.05, 0) is 23.8 Å². The molecule has 0 aliphatic carbocycles. The molecule has 0 saturated heterocycles. The maximum Gasteiger partial charge on any atom is 0.416 e. The van der Waals surface area contributed by atoms with E-state index >= 15 is 0 Å². The normalized spacial score (nSPS) is 12.9. The molecule has 0 unspecified atom stereocenters. The third-order valence-corrected chi connectivity index (χ3v) is 3.47. The van der Waals surface area contributed by atoms with Gasteiger partial charge in [-0.25, -0.2) is 0 Å². The van der Waals surface area contributed by atoms with Crippen molar-refractivity contribution < 1.29 is 23.0 Å². The monoisotopic (exact) mass is 325 g/mol. The minimum absolute atomic E-state index is 0.226. The van der Waals surface area contributed by atoms with E-state index in [0.29, 0.717) is 12.1 Å². The smallest absolute Gasteiger partial charge is 0.416 e. The number of alkyl halides is 3. The topological polar surface area (TPSA) is 41.5 Å². The largest absolute Gasteiger partial charge is 0.496 e. The number of methoxy groups -OCH3 is 1. The molecule has 0 bridgehead atoms. The molecule has 0 amide bonds. The van der Waals surface area contributed by atoms with Crippen LogP contribution < -0.4 is 10.1 Å². The number of aliphatic hydroxyl groups excluding tert-OH is 1. The van der Waals surface area contributed by atoms with Crippen molar-refractivity contribution in [3.8, 4) is 5.75 Å². The van der Waals surface area contributed by atoms with Crippen molar-refractivity contribution in [3.63, 3.8) is 0 Å². The molecule has 2 rings (SSSR count). The third-order valence-electron chi connectivity index (χ3n) is 3.47. The first-order valence-electron chi connectivity index (χ1n) is 7.09. The summed E-state index contributed by atoms with van der Waals surface area (Å²) in [6, 6.07) is 12.0. The second-order valence-corrected chi connectivity index (χ2v) is 5.08. The van der Waals surface area contributed by atoms with E-state index < -0.39 is 17.8 Å². The number of aliphatic hydroxyl groups is 1. The van der Waals surface area contributed by atoms with Crippen LogP contribution in [0.4, 0.5) is 13.2 Å². The second kappa shape index (κ2) is 7.48. The maximum atomic E-state index is 12.5. The Morgan fingerprint density at radius 1 is 1.09 bits per heavy atom. The first-order chi connectivity index (χ1) is 10.9. The van der Waals surface area contributed by atoms with E-state index in [9.17, 15) is 18.3 Å².